The Kier molecular flexibility index (Phi) is 5.55. The lowest BCUT2D eigenvalue weighted by Gasteiger charge is -2.09. The smallest absolute Gasteiger partial charge is 0.226 e. The summed E-state index contributed by atoms with van der Waals surface area (Å²) in [6.07, 6.45) is 0.301. The van der Waals surface area contributed by atoms with Crippen molar-refractivity contribution in [1.29, 1.82) is 0 Å². The summed E-state index contributed by atoms with van der Waals surface area (Å²) in [5, 5.41) is 6.51. The lowest BCUT2D eigenvalue weighted by Crippen LogP contribution is -2.16. The van der Waals surface area contributed by atoms with Gasteiger partial charge in [0.15, 0.2) is 5.78 Å². The zero-order valence-electron chi connectivity index (χ0n) is 12.2. The van der Waals surface area contributed by atoms with Gasteiger partial charge < -0.3 is 10.6 Å². The molecule has 2 aromatic rings. The van der Waals surface area contributed by atoms with Crippen LogP contribution in [0.5, 0.6) is 0 Å². The van der Waals surface area contributed by atoms with E-state index in [2.05, 4.69) is 10.6 Å². The molecule has 0 aromatic heterocycles. The van der Waals surface area contributed by atoms with Gasteiger partial charge in [-0.15, -0.1) is 0 Å². The van der Waals surface area contributed by atoms with Crippen molar-refractivity contribution in [3.8, 4) is 0 Å². The summed E-state index contributed by atoms with van der Waals surface area (Å²) >= 11 is 6.02. The predicted molar refractivity (Wildman–Crippen MR) is 89.6 cm³/mol. The summed E-state index contributed by atoms with van der Waals surface area (Å²) in [5.41, 5.74) is 2.00. The quantitative estimate of drug-likeness (QED) is 0.792. The van der Waals surface area contributed by atoms with Gasteiger partial charge in [-0.25, -0.2) is 0 Å². The Morgan fingerprint density at radius 2 is 1.86 bits per heavy atom. The van der Waals surface area contributed by atoms with Crippen LogP contribution in [0.2, 0.25) is 5.02 Å². The van der Waals surface area contributed by atoms with Crippen molar-refractivity contribution in [1.82, 2.24) is 0 Å². The molecular formula is C17H17ClN2O2. The van der Waals surface area contributed by atoms with Crippen molar-refractivity contribution in [3.05, 3.63) is 59.1 Å². The van der Waals surface area contributed by atoms with Crippen LogP contribution in [0.25, 0.3) is 0 Å². The number of anilines is 2. The fraction of sp³-hybridized carbons (Fsp3) is 0.176. The van der Waals surface area contributed by atoms with Crippen LogP contribution in [0, 0.1) is 0 Å². The number of Topliss-reactive ketones (excluding diaryl/α,β-unsaturated/α-hetero) is 1. The number of hydrogen-bond donors (Lipinski definition) is 2. The molecule has 0 unspecified atom stereocenters. The maximum absolute atomic E-state index is 11.9. The largest absolute Gasteiger partial charge is 0.383 e. The third-order valence-corrected chi connectivity index (χ3v) is 3.42. The molecule has 2 aromatic carbocycles. The number of para-hydroxylation sites is 1. The lowest BCUT2D eigenvalue weighted by molar-refractivity contribution is -0.115. The van der Waals surface area contributed by atoms with Crippen LogP contribution in [0.3, 0.4) is 0 Å². The normalized spacial score (nSPS) is 10.1. The van der Waals surface area contributed by atoms with E-state index in [0.717, 1.165) is 5.69 Å². The number of carbonyl (C=O) groups excluding carboxylic acids is 2. The highest BCUT2D eigenvalue weighted by Crippen LogP contribution is 2.20. The molecule has 114 valence electrons. The molecule has 2 N–H and O–H groups in total. The molecule has 0 saturated heterocycles. The van der Waals surface area contributed by atoms with Gasteiger partial charge in [0.1, 0.15) is 0 Å². The summed E-state index contributed by atoms with van der Waals surface area (Å²) in [7, 11) is 0. The van der Waals surface area contributed by atoms with E-state index in [0.29, 0.717) is 29.2 Å². The van der Waals surface area contributed by atoms with Crippen molar-refractivity contribution in [2.24, 2.45) is 0 Å². The molecule has 0 saturated carbocycles. The second-order valence-corrected chi connectivity index (χ2v) is 5.25. The van der Waals surface area contributed by atoms with Crippen LogP contribution in [0.1, 0.15) is 23.7 Å². The van der Waals surface area contributed by atoms with Crippen LogP contribution in [-0.2, 0) is 4.79 Å². The monoisotopic (exact) mass is 316 g/mol. The molecule has 0 fully saturated rings. The van der Waals surface area contributed by atoms with E-state index >= 15 is 0 Å². The number of ketones is 1. The fourth-order valence-corrected chi connectivity index (χ4v) is 2.16. The summed E-state index contributed by atoms with van der Waals surface area (Å²) < 4.78 is 0. The maximum atomic E-state index is 11.9. The van der Waals surface area contributed by atoms with Crippen LogP contribution in [0.4, 0.5) is 11.4 Å². The predicted octanol–water partition coefficient (Wildman–Crippen LogP) is 3.98. The van der Waals surface area contributed by atoms with Gasteiger partial charge in [0.05, 0.1) is 10.7 Å². The molecular weight excluding hydrogens is 300 g/mol. The van der Waals surface area contributed by atoms with Gasteiger partial charge >= 0.3 is 0 Å². The third kappa shape index (κ3) is 4.60. The van der Waals surface area contributed by atoms with Gasteiger partial charge in [-0.05, 0) is 31.2 Å². The van der Waals surface area contributed by atoms with E-state index in [9.17, 15) is 9.59 Å². The minimum Gasteiger partial charge on any atom is -0.383 e. The molecule has 0 bridgehead atoms. The first kappa shape index (κ1) is 16.0. The Morgan fingerprint density at radius 1 is 1.09 bits per heavy atom. The zero-order chi connectivity index (χ0) is 15.9. The molecule has 22 heavy (non-hydrogen) atoms. The number of amides is 1. The first-order chi connectivity index (χ1) is 10.6. The first-order valence-electron chi connectivity index (χ1n) is 6.95. The summed E-state index contributed by atoms with van der Waals surface area (Å²) in [6.45, 7) is 1.97. The van der Waals surface area contributed by atoms with Crippen LogP contribution >= 0.6 is 11.6 Å². The van der Waals surface area contributed by atoms with Gasteiger partial charge in [-0.1, -0.05) is 35.9 Å². The molecule has 5 heteroatoms. The molecule has 1 amide bonds. The summed E-state index contributed by atoms with van der Waals surface area (Å²) in [6, 6.07) is 14.3. The highest BCUT2D eigenvalue weighted by molar-refractivity contribution is 6.33. The summed E-state index contributed by atoms with van der Waals surface area (Å²) in [4.78, 5) is 23.2. The minimum absolute atomic E-state index is 0.0310. The average Bonchev–Trinajstić information content (AvgIpc) is 2.49. The number of nitrogens with one attached hydrogen (secondary N) is 2. The number of carbonyl (C=O) groups is 2. The maximum Gasteiger partial charge on any atom is 0.226 e. The van der Waals surface area contributed by atoms with E-state index in [1.54, 1.807) is 30.3 Å². The van der Waals surface area contributed by atoms with E-state index in [1.807, 2.05) is 18.2 Å². The van der Waals surface area contributed by atoms with E-state index < -0.39 is 0 Å². The standard InChI is InChI=1S/C17H17ClN2O2/c1-12(21)13-5-4-6-14(11-13)20-17(22)9-10-19-16-8-3-2-7-15(16)18/h2-8,11,19H,9-10H2,1H3,(H,20,22). The fourth-order valence-electron chi connectivity index (χ4n) is 1.95. The van der Waals surface area contributed by atoms with E-state index in [-0.39, 0.29) is 11.7 Å². The van der Waals surface area contributed by atoms with Crippen molar-refractivity contribution < 1.29 is 9.59 Å². The molecule has 0 aliphatic carbocycles. The molecule has 0 aliphatic heterocycles. The Morgan fingerprint density at radius 3 is 2.59 bits per heavy atom. The molecule has 0 radical (unpaired) electrons. The highest BCUT2D eigenvalue weighted by atomic mass is 35.5. The molecule has 4 nitrogen and oxygen atoms in total. The zero-order valence-corrected chi connectivity index (χ0v) is 13.0. The molecule has 2 rings (SSSR count). The first-order valence-corrected chi connectivity index (χ1v) is 7.33. The SMILES string of the molecule is CC(=O)c1cccc(NC(=O)CCNc2ccccc2Cl)c1. The van der Waals surface area contributed by atoms with Crippen molar-refractivity contribution in [2.45, 2.75) is 13.3 Å². The highest BCUT2D eigenvalue weighted by Gasteiger charge is 2.05. The topological polar surface area (TPSA) is 58.2 Å². The molecule has 0 atom stereocenters. The van der Waals surface area contributed by atoms with E-state index in [4.69, 9.17) is 11.6 Å². The van der Waals surface area contributed by atoms with Crippen LogP contribution in [0.15, 0.2) is 48.5 Å². The van der Waals surface area contributed by atoms with Crippen molar-refractivity contribution in [3.63, 3.8) is 0 Å². The van der Waals surface area contributed by atoms with Gasteiger partial charge in [0.25, 0.3) is 0 Å². The second-order valence-electron chi connectivity index (χ2n) is 4.84. The lowest BCUT2D eigenvalue weighted by atomic mass is 10.1. The Balaban J connectivity index is 1.84. The number of benzene rings is 2. The van der Waals surface area contributed by atoms with Crippen molar-refractivity contribution >= 4 is 34.7 Å². The van der Waals surface area contributed by atoms with Crippen molar-refractivity contribution in [2.75, 3.05) is 17.2 Å². The van der Waals surface area contributed by atoms with E-state index in [1.165, 1.54) is 6.92 Å². The van der Waals surface area contributed by atoms with Crippen LogP contribution in [-0.4, -0.2) is 18.2 Å². The van der Waals surface area contributed by atoms with Gasteiger partial charge in [0.2, 0.25) is 5.91 Å². The number of halogens is 1. The Bertz CT molecular complexity index is 686. The number of rotatable bonds is 6. The van der Waals surface area contributed by atoms with Gasteiger partial charge in [0, 0.05) is 24.2 Å². The van der Waals surface area contributed by atoms with Crippen LogP contribution < -0.4 is 10.6 Å². The molecule has 0 heterocycles. The Hall–Kier alpha value is -2.33. The molecule has 0 aliphatic rings. The third-order valence-electron chi connectivity index (χ3n) is 3.09. The van der Waals surface area contributed by atoms with Gasteiger partial charge in [-0.3, -0.25) is 9.59 Å². The number of hydrogen-bond acceptors (Lipinski definition) is 3. The Labute approximate surface area is 134 Å². The average molecular weight is 317 g/mol. The molecule has 0 spiro atoms. The second kappa shape index (κ2) is 7.61. The summed E-state index contributed by atoms with van der Waals surface area (Å²) in [5.74, 6) is -0.156. The minimum atomic E-state index is -0.125. The van der Waals surface area contributed by atoms with Gasteiger partial charge in [-0.2, -0.15) is 0 Å².